The van der Waals surface area contributed by atoms with Crippen molar-refractivity contribution >= 4 is 23.2 Å². The van der Waals surface area contributed by atoms with Crippen molar-refractivity contribution in [1.82, 2.24) is 5.32 Å². The molecule has 0 spiro atoms. The van der Waals surface area contributed by atoms with Gasteiger partial charge in [0.15, 0.2) is 6.54 Å². The second-order valence-corrected chi connectivity index (χ2v) is 7.80. The summed E-state index contributed by atoms with van der Waals surface area (Å²) in [5, 5.41) is 3.72. The van der Waals surface area contributed by atoms with Crippen LogP contribution in [0.4, 0.5) is 5.69 Å². The van der Waals surface area contributed by atoms with Crippen LogP contribution in [0.3, 0.4) is 0 Å². The summed E-state index contributed by atoms with van der Waals surface area (Å²) in [5.41, 5.74) is 3.60. The van der Waals surface area contributed by atoms with Crippen molar-refractivity contribution < 1.29 is 14.4 Å². The Labute approximate surface area is 172 Å². The molecule has 1 aliphatic rings. The third-order valence-electron chi connectivity index (χ3n) is 5.08. The molecule has 0 radical (unpaired) electrons. The number of nitrogens with one attached hydrogen (secondary N) is 2. The Hall–Kier alpha value is -2.24. The number of benzene rings is 2. The molecule has 1 aliphatic heterocycles. The lowest BCUT2D eigenvalue weighted by molar-refractivity contribution is -0.892. The standard InChI is InChI=1S/C22H28ClN3O2/c1-17-4-3-5-20(14-17)28-13-8-24-22(27)16-25-9-11-26(12-10-25)21-15-19(23)7-6-18(21)2/h3-7,14-15H,8-13,16H2,1-2H3,(H,24,27)/p+1. The molecule has 150 valence electrons. The Morgan fingerprint density at radius 3 is 2.71 bits per heavy atom. The summed E-state index contributed by atoms with van der Waals surface area (Å²) in [5.74, 6) is 0.919. The maximum atomic E-state index is 12.2. The molecule has 6 heteroatoms. The SMILES string of the molecule is Cc1cccc(OCCNC(=O)C[NH+]2CCN(c3cc(Cl)ccc3C)CC2)c1. The number of piperazine rings is 1. The number of halogens is 1. The fourth-order valence-corrected chi connectivity index (χ4v) is 3.68. The van der Waals surface area contributed by atoms with Gasteiger partial charge in [-0.15, -0.1) is 0 Å². The van der Waals surface area contributed by atoms with Crippen molar-refractivity contribution in [1.29, 1.82) is 0 Å². The fraction of sp³-hybridized carbons (Fsp3) is 0.409. The molecule has 3 rings (SSSR count). The van der Waals surface area contributed by atoms with E-state index in [0.29, 0.717) is 19.7 Å². The molecule has 2 N–H and O–H groups in total. The van der Waals surface area contributed by atoms with E-state index in [0.717, 1.165) is 42.5 Å². The first-order valence-corrected chi connectivity index (χ1v) is 10.2. The molecule has 0 bridgehead atoms. The first kappa shape index (κ1) is 20.5. The molecular formula is C22H29ClN3O2+. The van der Waals surface area contributed by atoms with Crippen LogP contribution in [0.25, 0.3) is 0 Å². The zero-order chi connectivity index (χ0) is 19.9. The number of quaternary nitrogens is 1. The predicted octanol–water partition coefficient (Wildman–Crippen LogP) is 1.86. The van der Waals surface area contributed by atoms with Crippen LogP contribution in [0, 0.1) is 13.8 Å². The van der Waals surface area contributed by atoms with Crippen LogP contribution >= 0.6 is 11.6 Å². The second kappa shape index (κ2) is 9.80. The molecule has 1 saturated heterocycles. The zero-order valence-corrected chi connectivity index (χ0v) is 17.4. The van der Waals surface area contributed by atoms with E-state index in [1.807, 2.05) is 43.3 Å². The molecular weight excluding hydrogens is 374 g/mol. The molecule has 2 aromatic carbocycles. The average Bonchev–Trinajstić information content (AvgIpc) is 2.68. The highest BCUT2D eigenvalue weighted by molar-refractivity contribution is 6.30. The Bertz CT molecular complexity index is 804. The molecule has 0 atom stereocenters. The summed E-state index contributed by atoms with van der Waals surface area (Å²) in [4.78, 5) is 15.9. The summed E-state index contributed by atoms with van der Waals surface area (Å²) < 4.78 is 5.67. The van der Waals surface area contributed by atoms with Crippen molar-refractivity contribution in [3.63, 3.8) is 0 Å². The van der Waals surface area contributed by atoms with E-state index in [1.54, 1.807) is 0 Å². The number of amides is 1. The van der Waals surface area contributed by atoms with Crippen molar-refractivity contribution in [2.24, 2.45) is 0 Å². The Balaban J connectivity index is 1.36. The first-order chi connectivity index (χ1) is 13.5. The van der Waals surface area contributed by atoms with Gasteiger partial charge in [-0.25, -0.2) is 0 Å². The van der Waals surface area contributed by atoms with E-state index < -0.39 is 0 Å². The zero-order valence-electron chi connectivity index (χ0n) is 16.6. The monoisotopic (exact) mass is 402 g/mol. The largest absolute Gasteiger partial charge is 0.492 e. The van der Waals surface area contributed by atoms with Crippen molar-refractivity contribution in [2.45, 2.75) is 13.8 Å². The number of hydrogen-bond acceptors (Lipinski definition) is 3. The van der Waals surface area contributed by atoms with E-state index in [1.165, 1.54) is 16.2 Å². The smallest absolute Gasteiger partial charge is 0.275 e. The molecule has 1 fully saturated rings. The van der Waals surface area contributed by atoms with Gasteiger partial charge in [-0.05, 0) is 49.2 Å². The predicted molar refractivity (Wildman–Crippen MR) is 114 cm³/mol. The van der Waals surface area contributed by atoms with Gasteiger partial charge in [0.1, 0.15) is 12.4 Å². The van der Waals surface area contributed by atoms with E-state index in [4.69, 9.17) is 16.3 Å². The van der Waals surface area contributed by atoms with Gasteiger partial charge in [0.2, 0.25) is 0 Å². The third kappa shape index (κ3) is 5.88. The van der Waals surface area contributed by atoms with Crippen LogP contribution in [0.2, 0.25) is 5.02 Å². The average molecular weight is 403 g/mol. The summed E-state index contributed by atoms with van der Waals surface area (Å²) in [7, 11) is 0. The minimum absolute atomic E-state index is 0.0789. The van der Waals surface area contributed by atoms with Crippen LogP contribution in [0.5, 0.6) is 5.75 Å². The van der Waals surface area contributed by atoms with Crippen LogP contribution in [0.1, 0.15) is 11.1 Å². The van der Waals surface area contributed by atoms with Gasteiger partial charge in [-0.2, -0.15) is 0 Å². The Morgan fingerprint density at radius 2 is 1.96 bits per heavy atom. The van der Waals surface area contributed by atoms with E-state index in [9.17, 15) is 4.79 Å². The number of carbonyl (C=O) groups is 1. The first-order valence-electron chi connectivity index (χ1n) is 9.82. The lowest BCUT2D eigenvalue weighted by atomic mass is 10.1. The van der Waals surface area contributed by atoms with Crippen LogP contribution in [-0.2, 0) is 4.79 Å². The lowest BCUT2D eigenvalue weighted by Gasteiger charge is -2.34. The normalized spacial score (nSPS) is 14.8. The van der Waals surface area contributed by atoms with Crippen LogP contribution < -0.4 is 19.9 Å². The summed E-state index contributed by atoms with van der Waals surface area (Å²) in [6, 6.07) is 13.9. The molecule has 28 heavy (non-hydrogen) atoms. The highest BCUT2D eigenvalue weighted by atomic mass is 35.5. The second-order valence-electron chi connectivity index (χ2n) is 7.36. The lowest BCUT2D eigenvalue weighted by Crippen LogP contribution is -3.16. The van der Waals surface area contributed by atoms with E-state index in [-0.39, 0.29) is 5.91 Å². The number of aryl methyl sites for hydroxylation is 2. The van der Waals surface area contributed by atoms with Crippen LogP contribution in [-0.4, -0.2) is 51.8 Å². The quantitative estimate of drug-likeness (QED) is 0.695. The molecule has 5 nitrogen and oxygen atoms in total. The Kier molecular flexibility index (Phi) is 7.18. The van der Waals surface area contributed by atoms with E-state index >= 15 is 0 Å². The molecule has 0 unspecified atom stereocenters. The molecule has 0 aliphatic carbocycles. The molecule has 0 aromatic heterocycles. The van der Waals surface area contributed by atoms with Gasteiger partial charge in [-0.1, -0.05) is 29.8 Å². The molecule has 2 aromatic rings. The van der Waals surface area contributed by atoms with Gasteiger partial charge in [0.05, 0.1) is 32.7 Å². The Morgan fingerprint density at radius 1 is 1.18 bits per heavy atom. The van der Waals surface area contributed by atoms with Crippen molar-refractivity contribution in [3.05, 3.63) is 58.6 Å². The number of rotatable bonds is 7. The molecule has 1 amide bonds. The maximum Gasteiger partial charge on any atom is 0.275 e. The van der Waals surface area contributed by atoms with Crippen molar-refractivity contribution in [3.8, 4) is 5.75 Å². The van der Waals surface area contributed by atoms with Crippen molar-refractivity contribution in [2.75, 3.05) is 50.8 Å². The minimum Gasteiger partial charge on any atom is -0.492 e. The van der Waals surface area contributed by atoms with Gasteiger partial charge in [-0.3, -0.25) is 4.79 Å². The number of nitrogens with zero attached hydrogens (tertiary/aromatic N) is 1. The fourth-order valence-electron chi connectivity index (χ4n) is 3.52. The number of ether oxygens (including phenoxy) is 1. The highest BCUT2D eigenvalue weighted by Crippen LogP contribution is 2.24. The number of hydrogen-bond donors (Lipinski definition) is 2. The number of anilines is 1. The summed E-state index contributed by atoms with van der Waals surface area (Å²) in [6.45, 7) is 9.40. The molecule has 0 saturated carbocycles. The maximum absolute atomic E-state index is 12.2. The van der Waals surface area contributed by atoms with Crippen LogP contribution in [0.15, 0.2) is 42.5 Å². The minimum atomic E-state index is 0.0789. The van der Waals surface area contributed by atoms with Gasteiger partial charge >= 0.3 is 0 Å². The van der Waals surface area contributed by atoms with Gasteiger partial charge in [0.25, 0.3) is 5.91 Å². The summed E-state index contributed by atoms with van der Waals surface area (Å²) >= 11 is 6.15. The van der Waals surface area contributed by atoms with Gasteiger partial charge in [0, 0.05) is 10.7 Å². The molecule has 1 heterocycles. The van der Waals surface area contributed by atoms with Gasteiger partial charge < -0.3 is 19.9 Å². The van der Waals surface area contributed by atoms with E-state index in [2.05, 4.69) is 23.2 Å². The highest BCUT2D eigenvalue weighted by Gasteiger charge is 2.23. The topological polar surface area (TPSA) is 46.0 Å². The summed E-state index contributed by atoms with van der Waals surface area (Å²) in [6.07, 6.45) is 0. The third-order valence-corrected chi connectivity index (χ3v) is 5.31. The number of carbonyl (C=O) groups excluding carboxylic acids is 1.